The van der Waals surface area contributed by atoms with Crippen LogP contribution < -0.4 is 0 Å². The second-order valence-electron chi connectivity index (χ2n) is 5.14. The summed E-state index contributed by atoms with van der Waals surface area (Å²) in [4.78, 5) is 10.5. The number of rotatable bonds is 7. The first kappa shape index (κ1) is 25.4. The van der Waals surface area contributed by atoms with Crippen LogP contribution in [0.25, 0.3) is 0 Å². The minimum absolute atomic E-state index is 0.0688. The van der Waals surface area contributed by atoms with Gasteiger partial charge in [-0.2, -0.15) is 65.9 Å². The fraction of sp³-hybridized carbons (Fsp3) is 0.900. The summed E-state index contributed by atoms with van der Waals surface area (Å²) in [7, 11) is -0.0688. The van der Waals surface area contributed by atoms with E-state index in [9.17, 15) is 70.7 Å². The third-order valence-corrected chi connectivity index (χ3v) is 3.22. The summed E-state index contributed by atoms with van der Waals surface area (Å²) in [6.45, 7) is 0. The lowest BCUT2D eigenvalue weighted by Gasteiger charge is -2.37. The van der Waals surface area contributed by atoms with E-state index in [0.29, 0.717) is 0 Å². The number of esters is 1. The molecule has 4 nitrogen and oxygen atoms in total. The van der Waals surface area contributed by atoms with Gasteiger partial charge in [0, 0.05) is 0 Å². The molecule has 19 heteroatoms. The Balaban J connectivity index is 3.44. The van der Waals surface area contributed by atoms with Gasteiger partial charge in [0.05, 0.1) is 7.11 Å². The zero-order valence-corrected chi connectivity index (χ0v) is 12.8. The zero-order chi connectivity index (χ0) is 23.7. The Morgan fingerprint density at radius 1 is 0.724 bits per heavy atom. The molecule has 0 radical (unpaired) electrons. The van der Waals surface area contributed by atoms with Crippen LogP contribution in [0.4, 0.5) is 65.9 Å². The summed E-state index contributed by atoms with van der Waals surface area (Å²) < 4.78 is 200. The maximum absolute atomic E-state index is 13.7. The van der Waals surface area contributed by atoms with Crippen molar-refractivity contribution in [2.45, 2.75) is 47.9 Å². The lowest BCUT2D eigenvalue weighted by atomic mass is 10.2. The van der Waals surface area contributed by atoms with Gasteiger partial charge in [-0.1, -0.05) is 0 Å². The Morgan fingerprint density at radius 2 is 1.10 bits per heavy atom. The minimum atomic E-state index is -7.66. The van der Waals surface area contributed by atoms with Crippen LogP contribution in [-0.4, -0.2) is 60.9 Å². The molecule has 0 aromatic rings. The highest BCUT2D eigenvalue weighted by atomic mass is 19.4. The van der Waals surface area contributed by atoms with Gasteiger partial charge in [-0.3, -0.25) is 9.47 Å². The van der Waals surface area contributed by atoms with E-state index in [1.807, 2.05) is 0 Å². The number of hydrogen-bond donors (Lipinski definition) is 0. The molecule has 0 N–H and O–H groups in total. The van der Waals surface area contributed by atoms with Crippen molar-refractivity contribution in [3.63, 3.8) is 0 Å². The van der Waals surface area contributed by atoms with Gasteiger partial charge in [0.2, 0.25) is 0 Å². The predicted molar refractivity (Wildman–Crippen MR) is 52.7 cm³/mol. The molecule has 29 heavy (non-hydrogen) atoms. The molecule has 1 rings (SSSR count). The summed E-state index contributed by atoms with van der Waals surface area (Å²) in [5.41, 5.74) is 0. The van der Waals surface area contributed by atoms with Crippen LogP contribution in [0.2, 0.25) is 0 Å². The van der Waals surface area contributed by atoms with Crippen LogP contribution in [0, 0.1) is 0 Å². The largest absolute Gasteiger partial charge is 0.464 e. The summed E-state index contributed by atoms with van der Waals surface area (Å²) in [5, 5.41) is 0. The first-order chi connectivity index (χ1) is 12.4. The quantitative estimate of drug-likeness (QED) is 0.412. The lowest BCUT2D eigenvalue weighted by molar-refractivity contribution is -0.527. The third-order valence-electron chi connectivity index (χ3n) is 3.22. The van der Waals surface area contributed by atoms with Crippen molar-refractivity contribution in [3.8, 4) is 0 Å². The second kappa shape index (κ2) is 6.17. The number of carbonyl (C=O) groups is 1. The Hall–Kier alpha value is -1.66. The molecule has 0 aliphatic heterocycles. The number of ether oxygens (including phenoxy) is 3. The van der Waals surface area contributed by atoms with Crippen LogP contribution in [0.15, 0.2) is 0 Å². The molecular weight excluding hydrogens is 469 g/mol. The fourth-order valence-electron chi connectivity index (χ4n) is 1.50. The van der Waals surface area contributed by atoms with Gasteiger partial charge in [-0.25, -0.2) is 4.79 Å². The number of alkyl halides is 15. The van der Waals surface area contributed by atoms with Crippen molar-refractivity contribution in [1.29, 1.82) is 0 Å². The molecule has 0 saturated heterocycles. The van der Waals surface area contributed by atoms with E-state index in [2.05, 4.69) is 4.74 Å². The maximum atomic E-state index is 13.7. The molecule has 172 valence electrons. The molecule has 0 aromatic heterocycles. The Kier molecular flexibility index (Phi) is 5.40. The standard InChI is InChI=1S/C10H3F15O4/c1-27-2(26)3(11,12)9(22,23)29-7(18,8(19,20)21)10(24,25)28-6(17)4(13,14)5(6,15)16/h1H3. The molecule has 0 bridgehead atoms. The lowest BCUT2D eigenvalue weighted by Crippen LogP contribution is -2.65. The molecule has 1 aliphatic carbocycles. The van der Waals surface area contributed by atoms with E-state index in [0.717, 1.165) is 0 Å². The monoisotopic (exact) mass is 472 g/mol. The molecular formula is C10H3F15O4. The number of methoxy groups -OCH3 is 1. The molecule has 0 heterocycles. The first-order valence-corrected chi connectivity index (χ1v) is 6.22. The van der Waals surface area contributed by atoms with Crippen LogP contribution in [0.1, 0.15) is 0 Å². The average molecular weight is 472 g/mol. The predicted octanol–water partition coefficient (Wildman–Crippen LogP) is 4.19. The molecule has 1 unspecified atom stereocenters. The molecule has 1 fully saturated rings. The summed E-state index contributed by atoms with van der Waals surface area (Å²) >= 11 is 0. The fourth-order valence-corrected chi connectivity index (χ4v) is 1.50. The molecule has 0 spiro atoms. The Bertz CT molecular complexity index is 656. The van der Waals surface area contributed by atoms with Gasteiger partial charge in [0.15, 0.2) is 0 Å². The summed E-state index contributed by atoms with van der Waals surface area (Å²) in [5.74, 6) is -36.7. The Morgan fingerprint density at radius 3 is 1.38 bits per heavy atom. The SMILES string of the molecule is COC(=O)C(F)(F)C(F)(F)OC(F)(C(F)(F)F)C(F)(F)OC1(F)C(F)(F)C1(F)F. The van der Waals surface area contributed by atoms with Crippen molar-refractivity contribution in [3.05, 3.63) is 0 Å². The maximum Gasteiger partial charge on any atom is 0.458 e. The molecule has 0 aromatic carbocycles. The number of carbonyl (C=O) groups excluding carboxylic acids is 1. The van der Waals surface area contributed by atoms with E-state index in [1.54, 1.807) is 9.47 Å². The van der Waals surface area contributed by atoms with Gasteiger partial charge in [0.1, 0.15) is 0 Å². The molecule has 1 aliphatic rings. The topological polar surface area (TPSA) is 44.8 Å². The van der Waals surface area contributed by atoms with E-state index in [4.69, 9.17) is 0 Å². The molecule has 1 saturated carbocycles. The molecule has 0 amide bonds. The zero-order valence-electron chi connectivity index (χ0n) is 12.8. The van der Waals surface area contributed by atoms with Crippen LogP contribution in [0.5, 0.6) is 0 Å². The summed E-state index contributed by atoms with van der Waals surface area (Å²) in [6, 6.07) is 0. The van der Waals surface area contributed by atoms with Crippen molar-refractivity contribution in [2.24, 2.45) is 0 Å². The van der Waals surface area contributed by atoms with Crippen molar-refractivity contribution in [1.82, 2.24) is 0 Å². The average Bonchev–Trinajstić information content (AvgIpc) is 2.79. The van der Waals surface area contributed by atoms with Crippen LogP contribution in [0.3, 0.4) is 0 Å². The second-order valence-corrected chi connectivity index (χ2v) is 5.14. The van der Waals surface area contributed by atoms with Gasteiger partial charge in [-0.05, 0) is 0 Å². The first-order valence-electron chi connectivity index (χ1n) is 6.22. The van der Waals surface area contributed by atoms with Gasteiger partial charge in [-0.15, -0.1) is 0 Å². The van der Waals surface area contributed by atoms with Crippen molar-refractivity contribution < 1.29 is 84.9 Å². The number of hydrogen-bond acceptors (Lipinski definition) is 4. The van der Waals surface area contributed by atoms with E-state index >= 15 is 0 Å². The van der Waals surface area contributed by atoms with Crippen molar-refractivity contribution in [2.75, 3.05) is 7.11 Å². The highest BCUT2D eigenvalue weighted by Crippen LogP contribution is 2.71. The highest BCUT2D eigenvalue weighted by Gasteiger charge is 3.03. The normalized spacial score (nSPS) is 23.3. The number of halogens is 15. The summed E-state index contributed by atoms with van der Waals surface area (Å²) in [6.07, 6.45) is -22.4. The van der Waals surface area contributed by atoms with Gasteiger partial charge < -0.3 is 4.74 Å². The van der Waals surface area contributed by atoms with Crippen molar-refractivity contribution >= 4 is 5.97 Å². The van der Waals surface area contributed by atoms with Crippen LogP contribution in [-0.2, 0) is 19.0 Å². The van der Waals surface area contributed by atoms with E-state index in [1.165, 1.54) is 0 Å². The van der Waals surface area contributed by atoms with E-state index in [-0.39, 0.29) is 7.11 Å². The highest BCUT2D eigenvalue weighted by molar-refractivity contribution is 5.78. The molecule has 1 atom stereocenters. The minimum Gasteiger partial charge on any atom is -0.464 e. The van der Waals surface area contributed by atoms with E-state index < -0.39 is 53.8 Å². The third kappa shape index (κ3) is 3.15. The van der Waals surface area contributed by atoms with Crippen LogP contribution >= 0.6 is 0 Å². The van der Waals surface area contributed by atoms with Gasteiger partial charge in [0.25, 0.3) is 0 Å². The smallest absolute Gasteiger partial charge is 0.458 e. The van der Waals surface area contributed by atoms with Gasteiger partial charge >= 0.3 is 53.8 Å². The Labute approximate surface area is 147 Å².